The molecule has 0 aliphatic carbocycles. The molecule has 1 aliphatic rings. The Kier molecular flexibility index (Phi) is 2.68. The number of anilines is 1. The topological polar surface area (TPSA) is 55.6 Å². The minimum Gasteiger partial charge on any atom is -0.475 e. The fraction of sp³-hybridized carbons (Fsp3) is 0.364. The molecule has 1 fully saturated rings. The minimum absolute atomic E-state index is 0.0313. The molecule has 4 nitrogen and oxygen atoms in total. The van der Waals surface area contributed by atoms with Crippen LogP contribution in [0.15, 0.2) is 18.2 Å². The molecular formula is C11H13FN2O2. The van der Waals surface area contributed by atoms with Crippen LogP contribution in [0, 0.1) is 5.82 Å². The lowest BCUT2D eigenvalue weighted by atomic mass is 10.2. The van der Waals surface area contributed by atoms with Crippen LogP contribution in [-0.4, -0.2) is 30.5 Å². The van der Waals surface area contributed by atoms with E-state index in [2.05, 4.69) is 0 Å². The Labute approximate surface area is 92.8 Å². The van der Waals surface area contributed by atoms with Gasteiger partial charge in [-0.2, -0.15) is 0 Å². The van der Waals surface area contributed by atoms with Crippen LogP contribution >= 0.6 is 0 Å². The third-order valence-electron chi connectivity index (χ3n) is 2.64. The normalized spacial score (nSPS) is 20.2. The highest BCUT2D eigenvalue weighted by Gasteiger charge is 2.31. The van der Waals surface area contributed by atoms with E-state index in [1.54, 1.807) is 18.0 Å². The van der Waals surface area contributed by atoms with Crippen LogP contribution in [0.1, 0.15) is 6.42 Å². The molecule has 1 aromatic rings. The zero-order valence-electron chi connectivity index (χ0n) is 8.94. The molecule has 1 saturated heterocycles. The highest BCUT2D eigenvalue weighted by molar-refractivity contribution is 5.83. The molecule has 1 heterocycles. The van der Waals surface area contributed by atoms with E-state index in [0.717, 1.165) is 0 Å². The van der Waals surface area contributed by atoms with E-state index in [1.165, 1.54) is 12.1 Å². The van der Waals surface area contributed by atoms with Gasteiger partial charge in [-0.1, -0.05) is 6.07 Å². The predicted molar refractivity (Wildman–Crippen MR) is 57.5 cm³/mol. The summed E-state index contributed by atoms with van der Waals surface area (Å²) in [6.07, 6.45) is -0.0625. The molecule has 2 N–H and O–H groups in total. The summed E-state index contributed by atoms with van der Waals surface area (Å²) in [6.45, 7) is 0.623. The molecule has 2 rings (SSSR count). The fourth-order valence-corrected chi connectivity index (χ4v) is 1.69. The second-order valence-electron chi connectivity index (χ2n) is 3.81. The number of carbonyl (C=O) groups excluding carboxylic acids is 1. The second kappa shape index (κ2) is 4.00. The van der Waals surface area contributed by atoms with Gasteiger partial charge < -0.3 is 15.4 Å². The molecule has 1 atom stereocenters. The molecule has 1 aromatic carbocycles. The van der Waals surface area contributed by atoms with Gasteiger partial charge in [-0.05, 0) is 12.1 Å². The maximum atomic E-state index is 13.4. The van der Waals surface area contributed by atoms with Crippen LogP contribution in [0.3, 0.4) is 0 Å². The number of benzene rings is 1. The SMILES string of the molecule is CN1CCC(Oc2c(N)cccc2F)C1=O. The number of amides is 1. The number of hydrogen-bond acceptors (Lipinski definition) is 3. The second-order valence-corrected chi connectivity index (χ2v) is 3.81. The smallest absolute Gasteiger partial charge is 0.263 e. The molecule has 0 aromatic heterocycles. The highest BCUT2D eigenvalue weighted by atomic mass is 19.1. The highest BCUT2D eigenvalue weighted by Crippen LogP contribution is 2.27. The van der Waals surface area contributed by atoms with Crippen molar-refractivity contribution in [3.8, 4) is 5.75 Å². The summed E-state index contributed by atoms with van der Waals surface area (Å²) >= 11 is 0. The first-order chi connectivity index (χ1) is 7.59. The molecule has 0 saturated carbocycles. The Morgan fingerprint density at radius 3 is 2.88 bits per heavy atom. The van der Waals surface area contributed by atoms with Gasteiger partial charge in [0.1, 0.15) is 0 Å². The lowest BCUT2D eigenvalue weighted by molar-refractivity contribution is -0.132. The molecule has 0 radical (unpaired) electrons. The van der Waals surface area contributed by atoms with Crippen LogP contribution in [0.4, 0.5) is 10.1 Å². The number of rotatable bonds is 2. The number of nitrogens with two attached hydrogens (primary N) is 1. The van der Waals surface area contributed by atoms with E-state index < -0.39 is 11.9 Å². The number of hydrogen-bond donors (Lipinski definition) is 1. The van der Waals surface area contributed by atoms with Gasteiger partial charge >= 0.3 is 0 Å². The first kappa shape index (κ1) is 10.7. The van der Waals surface area contributed by atoms with Crippen molar-refractivity contribution in [1.82, 2.24) is 4.90 Å². The summed E-state index contributed by atoms with van der Waals surface area (Å²) in [4.78, 5) is 13.1. The Bertz CT molecular complexity index is 402. The summed E-state index contributed by atoms with van der Waals surface area (Å²) < 4.78 is 18.7. The Morgan fingerprint density at radius 1 is 1.56 bits per heavy atom. The largest absolute Gasteiger partial charge is 0.475 e. The number of likely N-dealkylation sites (N-methyl/N-ethyl adjacent to an activating group) is 1. The van der Waals surface area contributed by atoms with Crippen molar-refractivity contribution >= 4 is 11.6 Å². The molecule has 1 unspecified atom stereocenters. The zero-order valence-corrected chi connectivity index (χ0v) is 8.94. The van der Waals surface area contributed by atoms with Gasteiger partial charge in [0.25, 0.3) is 5.91 Å². The van der Waals surface area contributed by atoms with Crippen molar-refractivity contribution in [3.63, 3.8) is 0 Å². The van der Waals surface area contributed by atoms with Gasteiger partial charge in [-0.25, -0.2) is 4.39 Å². The van der Waals surface area contributed by atoms with Crippen LogP contribution in [0.2, 0.25) is 0 Å². The summed E-state index contributed by atoms with van der Waals surface area (Å²) in [6, 6.07) is 4.30. The maximum absolute atomic E-state index is 13.4. The van der Waals surface area contributed by atoms with Gasteiger partial charge in [0.15, 0.2) is 17.7 Å². The number of nitrogen functional groups attached to an aromatic ring is 1. The first-order valence-electron chi connectivity index (χ1n) is 5.05. The molecule has 1 amide bonds. The van der Waals surface area contributed by atoms with Crippen molar-refractivity contribution < 1.29 is 13.9 Å². The summed E-state index contributed by atoms with van der Waals surface area (Å²) in [5.74, 6) is -0.707. The molecule has 86 valence electrons. The van der Waals surface area contributed by atoms with Crippen LogP contribution in [0.5, 0.6) is 5.75 Å². The monoisotopic (exact) mass is 224 g/mol. The first-order valence-corrected chi connectivity index (χ1v) is 5.05. The maximum Gasteiger partial charge on any atom is 0.263 e. The molecule has 5 heteroatoms. The summed E-state index contributed by atoms with van der Waals surface area (Å²) in [7, 11) is 1.69. The Hall–Kier alpha value is -1.78. The van der Waals surface area contributed by atoms with Crippen molar-refractivity contribution in [2.24, 2.45) is 0 Å². The quantitative estimate of drug-likeness (QED) is 0.763. The molecular weight excluding hydrogens is 211 g/mol. The zero-order chi connectivity index (χ0) is 11.7. The average molecular weight is 224 g/mol. The van der Waals surface area contributed by atoms with Gasteiger partial charge in [0.05, 0.1) is 5.69 Å². The van der Waals surface area contributed by atoms with E-state index >= 15 is 0 Å². The number of ether oxygens (including phenoxy) is 1. The van der Waals surface area contributed by atoms with Gasteiger partial charge in [0.2, 0.25) is 0 Å². The molecule has 0 spiro atoms. The Morgan fingerprint density at radius 2 is 2.31 bits per heavy atom. The number of nitrogens with zero attached hydrogens (tertiary/aromatic N) is 1. The van der Waals surface area contributed by atoms with Crippen LogP contribution in [-0.2, 0) is 4.79 Å². The van der Waals surface area contributed by atoms with E-state index in [1.807, 2.05) is 0 Å². The molecule has 0 bridgehead atoms. The van der Waals surface area contributed by atoms with Crippen molar-refractivity contribution in [2.75, 3.05) is 19.3 Å². The van der Waals surface area contributed by atoms with Crippen molar-refractivity contribution in [3.05, 3.63) is 24.0 Å². The molecule has 16 heavy (non-hydrogen) atoms. The van der Waals surface area contributed by atoms with E-state index in [9.17, 15) is 9.18 Å². The van der Waals surface area contributed by atoms with Gasteiger partial charge in [0, 0.05) is 20.0 Å². The summed E-state index contributed by atoms with van der Waals surface area (Å²) in [5, 5.41) is 0. The van der Waals surface area contributed by atoms with E-state index in [-0.39, 0.29) is 17.3 Å². The van der Waals surface area contributed by atoms with E-state index in [4.69, 9.17) is 10.5 Å². The third-order valence-corrected chi connectivity index (χ3v) is 2.64. The van der Waals surface area contributed by atoms with Crippen molar-refractivity contribution in [2.45, 2.75) is 12.5 Å². The number of carbonyl (C=O) groups is 1. The standard InChI is InChI=1S/C11H13FN2O2/c1-14-6-5-9(11(14)15)16-10-7(12)3-2-4-8(10)13/h2-4,9H,5-6,13H2,1H3. The molecule has 1 aliphatic heterocycles. The van der Waals surface area contributed by atoms with Gasteiger partial charge in [-0.15, -0.1) is 0 Å². The lowest BCUT2D eigenvalue weighted by Crippen LogP contribution is -2.29. The van der Waals surface area contributed by atoms with E-state index in [0.29, 0.717) is 13.0 Å². The number of para-hydroxylation sites is 1. The fourth-order valence-electron chi connectivity index (χ4n) is 1.69. The van der Waals surface area contributed by atoms with Crippen LogP contribution in [0.25, 0.3) is 0 Å². The third kappa shape index (κ3) is 1.80. The predicted octanol–water partition coefficient (Wildman–Crippen LogP) is 1.02. The average Bonchev–Trinajstić information content (AvgIpc) is 2.55. The van der Waals surface area contributed by atoms with Crippen molar-refractivity contribution in [1.29, 1.82) is 0 Å². The minimum atomic E-state index is -0.621. The van der Waals surface area contributed by atoms with Gasteiger partial charge in [-0.3, -0.25) is 4.79 Å². The van der Waals surface area contributed by atoms with Crippen LogP contribution < -0.4 is 10.5 Å². The number of likely N-dealkylation sites (tertiary alicyclic amines) is 1. The number of halogens is 1. The lowest BCUT2D eigenvalue weighted by Gasteiger charge is -2.14. The summed E-state index contributed by atoms with van der Waals surface area (Å²) in [5.41, 5.74) is 5.80. The Balaban J connectivity index is 2.19.